The summed E-state index contributed by atoms with van der Waals surface area (Å²) in [7, 11) is 1.64. The summed E-state index contributed by atoms with van der Waals surface area (Å²) < 4.78 is 1.42. The van der Waals surface area contributed by atoms with Crippen LogP contribution in [0.2, 0.25) is 5.02 Å². The zero-order valence-electron chi connectivity index (χ0n) is 17.2. The van der Waals surface area contributed by atoms with E-state index in [0.29, 0.717) is 27.7 Å². The number of carbonyl (C=O) groups is 2. The summed E-state index contributed by atoms with van der Waals surface area (Å²) in [4.78, 5) is 24.9. The van der Waals surface area contributed by atoms with Gasteiger partial charge in [0.25, 0.3) is 11.8 Å². The Morgan fingerprint density at radius 2 is 1.73 bits per heavy atom. The molecule has 2 amide bonds. The average molecular weight is 424 g/mol. The van der Waals surface area contributed by atoms with Crippen LogP contribution in [0.25, 0.3) is 0 Å². The molecule has 154 valence electrons. The maximum Gasteiger partial charge on any atom is 0.291 e. The number of anilines is 1. The molecule has 0 unspecified atom stereocenters. The quantitative estimate of drug-likeness (QED) is 0.478. The zero-order valence-corrected chi connectivity index (χ0v) is 17.9. The number of aryl methyl sites for hydroxylation is 3. The number of rotatable bonds is 5. The number of halogens is 1. The highest BCUT2D eigenvalue weighted by Gasteiger charge is 2.18. The second kappa shape index (κ2) is 8.92. The third-order valence-electron chi connectivity index (χ3n) is 4.51. The molecule has 0 atom stereocenters. The number of hydrazone groups is 1. The summed E-state index contributed by atoms with van der Waals surface area (Å²) in [6.45, 7) is 5.42. The van der Waals surface area contributed by atoms with Crippen molar-refractivity contribution in [3.8, 4) is 0 Å². The van der Waals surface area contributed by atoms with Crippen LogP contribution in [0.4, 0.5) is 5.69 Å². The summed E-state index contributed by atoms with van der Waals surface area (Å²) in [5, 5.41) is 11.5. The number of amides is 2. The SMILES string of the molecule is C/C(=N/NC(=O)c1c(Cl)c(C)nn1C)c1cccc(NC(=O)c2cccc(C)c2)c1. The fraction of sp³-hybridized carbons (Fsp3) is 0.182. The lowest BCUT2D eigenvalue weighted by atomic mass is 10.1. The van der Waals surface area contributed by atoms with Crippen LogP contribution in [-0.4, -0.2) is 27.3 Å². The number of aromatic nitrogens is 2. The first-order chi connectivity index (χ1) is 14.3. The lowest BCUT2D eigenvalue weighted by Gasteiger charge is -2.08. The fourth-order valence-electron chi connectivity index (χ4n) is 2.94. The predicted octanol–water partition coefficient (Wildman–Crippen LogP) is 4.10. The number of hydrogen-bond acceptors (Lipinski definition) is 4. The molecule has 0 aliphatic carbocycles. The molecule has 0 saturated heterocycles. The summed E-state index contributed by atoms with van der Waals surface area (Å²) in [6.07, 6.45) is 0. The van der Waals surface area contributed by atoms with E-state index in [9.17, 15) is 9.59 Å². The Morgan fingerprint density at radius 3 is 2.40 bits per heavy atom. The lowest BCUT2D eigenvalue weighted by molar-refractivity contribution is 0.0945. The summed E-state index contributed by atoms with van der Waals surface area (Å²) in [6, 6.07) is 14.6. The molecule has 0 aliphatic heterocycles. The van der Waals surface area contributed by atoms with E-state index in [0.717, 1.165) is 11.1 Å². The van der Waals surface area contributed by atoms with Crippen LogP contribution in [0.15, 0.2) is 53.6 Å². The number of benzene rings is 2. The first kappa shape index (κ1) is 21.3. The van der Waals surface area contributed by atoms with Gasteiger partial charge in [0.15, 0.2) is 0 Å². The summed E-state index contributed by atoms with van der Waals surface area (Å²) in [5.74, 6) is -0.647. The van der Waals surface area contributed by atoms with Crippen molar-refractivity contribution in [1.82, 2.24) is 15.2 Å². The Morgan fingerprint density at radius 1 is 1.03 bits per heavy atom. The highest BCUT2D eigenvalue weighted by atomic mass is 35.5. The first-order valence-electron chi connectivity index (χ1n) is 9.28. The van der Waals surface area contributed by atoms with Gasteiger partial charge in [-0.2, -0.15) is 10.2 Å². The van der Waals surface area contributed by atoms with E-state index in [-0.39, 0.29) is 11.6 Å². The van der Waals surface area contributed by atoms with Crippen LogP contribution in [0, 0.1) is 13.8 Å². The van der Waals surface area contributed by atoms with E-state index < -0.39 is 5.91 Å². The zero-order chi connectivity index (χ0) is 21.8. The van der Waals surface area contributed by atoms with E-state index in [1.807, 2.05) is 37.3 Å². The van der Waals surface area contributed by atoms with E-state index in [1.165, 1.54) is 4.68 Å². The van der Waals surface area contributed by atoms with Crippen LogP contribution in [0.1, 0.15) is 44.6 Å². The molecule has 0 saturated carbocycles. The summed E-state index contributed by atoms with van der Waals surface area (Å²) >= 11 is 6.14. The van der Waals surface area contributed by atoms with Gasteiger partial charge >= 0.3 is 0 Å². The van der Waals surface area contributed by atoms with Crippen molar-refractivity contribution >= 4 is 34.8 Å². The minimum Gasteiger partial charge on any atom is -0.322 e. The van der Waals surface area contributed by atoms with Crippen LogP contribution in [0.3, 0.4) is 0 Å². The van der Waals surface area contributed by atoms with Crippen molar-refractivity contribution in [3.63, 3.8) is 0 Å². The molecule has 3 aromatic rings. The third-order valence-corrected chi connectivity index (χ3v) is 4.96. The first-order valence-corrected chi connectivity index (χ1v) is 9.66. The highest BCUT2D eigenvalue weighted by molar-refractivity contribution is 6.34. The molecular weight excluding hydrogens is 402 g/mol. The minimum atomic E-state index is -0.452. The Hall–Kier alpha value is -3.45. The maximum absolute atomic E-state index is 12.5. The van der Waals surface area contributed by atoms with Crippen molar-refractivity contribution in [2.75, 3.05) is 5.32 Å². The van der Waals surface area contributed by atoms with E-state index in [1.54, 1.807) is 39.1 Å². The van der Waals surface area contributed by atoms with Gasteiger partial charge in [0.1, 0.15) is 5.69 Å². The Kier molecular flexibility index (Phi) is 6.32. The third kappa shape index (κ3) is 4.75. The lowest BCUT2D eigenvalue weighted by Crippen LogP contribution is -2.22. The van der Waals surface area contributed by atoms with Crippen LogP contribution < -0.4 is 10.7 Å². The molecule has 30 heavy (non-hydrogen) atoms. The fourth-order valence-corrected chi connectivity index (χ4v) is 3.19. The second-order valence-electron chi connectivity index (χ2n) is 6.91. The molecule has 0 aliphatic rings. The Balaban J connectivity index is 1.73. The number of nitrogens with one attached hydrogen (secondary N) is 2. The van der Waals surface area contributed by atoms with Gasteiger partial charge in [-0.1, -0.05) is 41.4 Å². The van der Waals surface area contributed by atoms with Gasteiger partial charge in [-0.3, -0.25) is 14.3 Å². The van der Waals surface area contributed by atoms with E-state index in [2.05, 4.69) is 20.9 Å². The molecule has 0 fully saturated rings. The highest BCUT2D eigenvalue weighted by Crippen LogP contribution is 2.19. The van der Waals surface area contributed by atoms with Crippen LogP contribution in [0.5, 0.6) is 0 Å². The Labute approximate surface area is 179 Å². The molecule has 1 heterocycles. The molecule has 1 aromatic heterocycles. The molecule has 2 N–H and O–H groups in total. The number of hydrogen-bond donors (Lipinski definition) is 2. The minimum absolute atomic E-state index is 0.194. The predicted molar refractivity (Wildman–Crippen MR) is 118 cm³/mol. The van der Waals surface area contributed by atoms with Crippen molar-refractivity contribution in [1.29, 1.82) is 0 Å². The van der Waals surface area contributed by atoms with Crippen LogP contribution in [-0.2, 0) is 7.05 Å². The van der Waals surface area contributed by atoms with E-state index >= 15 is 0 Å². The Bertz CT molecular complexity index is 1150. The van der Waals surface area contributed by atoms with Gasteiger partial charge in [-0.25, -0.2) is 5.43 Å². The molecule has 8 heteroatoms. The largest absolute Gasteiger partial charge is 0.322 e. The van der Waals surface area contributed by atoms with Gasteiger partial charge in [0, 0.05) is 18.3 Å². The molecule has 0 bridgehead atoms. The van der Waals surface area contributed by atoms with Crippen molar-refractivity contribution < 1.29 is 9.59 Å². The topological polar surface area (TPSA) is 88.4 Å². The van der Waals surface area contributed by atoms with Gasteiger partial charge in [0.2, 0.25) is 0 Å². The molecule has 0 radical (unpaired) electrons. The van der Waals surface area contributed by atoms with Crippen molar-refractivity contribution in [2.45, 2.75) is 20.8 Å². The van der Waals surface area contributed by atoms with Crippen LogP contribution >= 0.6 is 11.6 Å². The van der Waals surface area contributed by atoms with Gasteiger partial charge < -0.3 is 5.32 Å². The smallest absolute Gasteiger partial charge is 0.291 e. The van der Waals surface area contributed by atoms with Gasteiger partial charge in [-0.15, -0.1) is 0 Å². The van der Waals surface area contributed by atoms with Gasteiger partial charge in [-0.05, 0) is 50.6 Å². The van der Waals surface area contributed by atoms with Gasteiger partial charge in [0.05, 0.1) is 16.4 Å². The standard InChI is InChI=1S/C22H22ClN5O2/c1-13-7-5-9-17(11-13)21(29)24-18-10-6-8-16(12-18)14(2)25-26-22(30)20-19(23)15(3)27-28(20)4/h5-12H,1-4H3,(H,24,29)(H,26,30)/b25-14-. The monoisotopic (exact) mass is 423 g/mol. The molecule has 3 rings (SSSR count). The molecule has 7 nitrogen and oxygen atoms in total. The maximum atomic E-state index is 12.5. The molecular formula is C22H22ClN5O2. The second-order valence-corrected chi connectivity index (χ2v) is 7.29. The molecule has 0 spiro atoms. The summed E-state index contributed by atoms with van der Waals surface area (Å²) in [5.41, 5.74) is 6.87. The molecule has 2 aromatic carbocycles. The normalized spacial score (nSPS) is 11.3. The number of carbonyl (C=O) groups excluding carboxylic acids is 2. The average Bonchev–Trinajstić information content (AvgIpc) is 2.97. The van der Waals surface area contributed by atoms with Crippen molar-refractivity contribution in [3.05, 3.63) is 81.6 Å². The number of nitrogens with zero attached hydrogens (tertiary/aromatic N) is 3. The van der Waals surface area contributed by atoms with Crippen molar-refractivity contribution in [2.24, 2.45) is 12.1 Å². The van der Waals surface area contributed by atoms with E-state index in [4.69, 9.17) is 11.6 Å².